The fourth-order valence-electron chi connectivity index (χ4n) is 6.18. The van der Waals surface area contributed by atoms with Crippen LogP contribution in [-0.2, 0) is 4.74 Å². The van der Waals surface area contributed by atoms with Crippen molar-refractivity contribution in [2.75, 3.05) is 25.1 Å². The molecule has 2 amide bonds. The smallest absolute Gasteiger partial charge is 0.407 e. The Balaban J connectivity index is 1.16. The number of aromatic nitrogens is 1. The number of para-hydroxylation sites is 1. The number of carbonyl (C=O) groups excluding carboxylic acids is 2. The van der Waals surface area contributed by atoms with Gasteiger partial charge in [0.2, 0.25) is 0 Å². The molecule has 5 aromatic rings. The van der Waals surface area contributed by atoms with E-state index in [0.717, 1.165) is 64.9 Å². The molecule has 1 atom stereocenters. The highest BCUT2D eigenvalue weighted by Gasteiger charge is 2.25. The average molecular weight is 665 g/mol. The minimum absolute atomic E-state index is 0.0971. The summed E-state index contributed by atoms with van der Waals surface area (Å²) in [7, 11) is 1.61. The van der Waals surface area contributed by atoms with Gasteiger partial charge in [-0.2, -0.15) is 0 Å². The largest absolute Gasteiger partial charge is 0.496 e. The van der Waals surface area contributed by atoms with Crippen LogP contribution in [0.5, 0.6) is 5.75 Å². The standard InChI is InChI=1S/C39H41ClN4O4/c1-39(2,3)48-38(46)41-30-18-20-44(21-19-30)31-15-12-25(13-16-31)26-9-7-10-28(22-26)37(45)43-36(32-24-29(40)14-17-35(32)47-4)34-23-27-8-5-6-11-33(27)42-34/h5-17,22-24,30,36,42H,18-21H2,1-4H3,(H,41,46)(H,43,45)/t36-/m1/s1. The highest BCUT2D eigenvalue weighted by Crippen LogP contribution is 2.34. The van der Waals surface area contributed by atoms with Crippen molar-refractivity contribution in [1.29, 1.82) is 0 Å². The Morgan fingerprint density at radius 2 is 1.65 bits per heavy atom. The van der Waals surface area contributed by atoms with Gasteiger partial charge < -0.3 is 30.0 Å². The van der Waals surface area contributed by atoms with E-state index in [4.69, 9.17) is 21.1 Å². The van der Waals surface area contributed by atoms with Crippen LogP contribution in [0.25, 0.3) is 22.0 Å². The lowest BCUT2D eigenvalue weighted by Gasteiger charge is -2.34. The maximum atomic E-state index is 13.9. The quantitative estimate of drug-likeness (QED) is 0.155. The fraction of sp³-hybridized carbons (Fsp3) is 0.282. The van der Waals surface area contributed by atoms with Crippen molar-refractivity contribution in [3.05, 3.63) is 119 Å². The predicted molar refractivity (Wildman–Crippen MR) is 192 cm³/mol. The van der Waals surface area contributed by atoms with Gasteiger partial charge in [-0.15, -0.1) is 0 Å². The summed E-state index contributed by atoms with van der Waals surface area (Å²) in [6.07, 6.45) is 1.33. The number of ether oxygens (including phenoxy) is 2. The van der Waals surface area contributed by atoms with Crippen molar-refractivity contribution in [3.63, 3.8) is 0 Å². The second-order valence-corrected chi connectivity index (χ2v) is 13.6. The molecule has 3 N–H and O–H groups in total. The number of nitrogens with zero attached hydrogens (tertiary/aromatic N) is 1. The summed E-state index contributed by atoms with van der Waals surface area (Å²) in [5.41, 5.74) is 5.65. The number of aromatic amines is 1. The molecule has 0 radical (unpaired) electrons. The molecule has 1 aromatic heterocycles. The summed E-state index contributed by atoms with van der Waals surface area (Å²) >= 11 is 6.43. The van der Waals surface area contributed by atoms with Crippen molar-refractivity contribution in [1.82, 2.24) is 15.6 Å². The van der Waals surface area contributed by atoms with Gasteiger partial charge in [0.1, 0.15) is 11.4 Å². The Bertz CT molecular complexity index is 1870. The molecular weight excluding hydrogens is 624 g/mol. The van der Waals surface area contributed by atoms with E-state index < -0.39 is 11.6 Å². The first-order valence-corrected chi connectivity index (χ1v) is 16.6. The van der Waals surface area contributed by atoms with E-state index in [9.17, 15) is 9.59 Å². The van der Waals surface area contributed by atoms with E-state index in [-0.39, 0.29) is 18.0 Å². The molecule has 4 aromatic carbocycles. The lowest BCUT2D eigenvalue weighted by atomic mass is 9.99. The Morgan fingerprint density at radius 3 is 2.35 bits per heavy atom. The molecule has 1 fully saturated rings. The first-order chi connectivity index (χ1) is 23.1. The third-order valence-corrected chi connectivity index (χ3v) is 8.78. The third-order valence-electron chi connectivity index (χ3n) is 8.55. The monoisotopic (exact) mass is 664 g/mol. The van der Waals surface area contributed by atoms with Crippen LogP contribution in [0.4, 0.5) is 10.5 Å². The molecule has 0 unspecified atom stereocenters. The Hall–Kier alpha value is -4.95. The average Bonchev–Trinajstić information content (AvgIpc) is 3.51. The van der Waals surface area contributed by atoms with Crippen LogP contribution in [0.15, 0.2) is 97.1 Å². The van der Waals surface area contributed by atoms with Gasteiger partial charge in [-0.05, 0) is 105 Å². The van der Waals surface area contributed by atoms with Crippen molar-refractivity contribution < 1.29 is 19.1 Å². The summed E-state index contributed by atoms with van der Waals surface area (Å²) in [6.45, 7) is 7.28. The molecule has 1 aliphatic heterocycles. The van der Waals surface area contributed by atoms with E-state index in [0.29, 0.717) is 16.3 Å². The zero-order chi connectivity index (χ0) is 33.8. The number of nitrogens with one attached hydrogen (secondary N) is 3. The summed E-state index contributed by atoms with van der Waals surface area (Å²) < 4.78 is 11.1. The number of benzene rings is 4. The Labute approximate surface area is 286 Å². The zero-order valence-corrected chi connectivity index (χ0v) is 28.4. The molecule has 1 saturated heterocycles. The number of H-pyrrole nitrogens is 1. The summed E-state index contributed by atoms with van der Waals surface area (Å²) in [5.74, 6) is 0.405. The normalized spacial score (nSPS) is 14.4. The zero-order valence-electron chi connectivity index (χ0n) is 27.7. The van der Waals surface area contributed by atoms with Gasteiger partial charge in [-0.25, -0.2) is 4.79 Å². The molecule has 2 heterocycles. The number of alkyl carbamates (subject to hydrolysis) is 1. The van der Waals surface area contributed by atoms with Gasteiger partial charge in [0, 0.05) is 52.2 Å². The second-order valence-electron chi connectivity index (χ2n) is 13.1. The van der Waals surface area contributed by atoms with E-state index in [1.807, 2.05) is 87.5 Å². The third kappa shape index (κ3) is 7.77. The molecule has 0 bridgehead atoms. The maximum absolute atomic E-state index is 13.9. The van der Waals surface area contributed by atoms with Crippen LogP contribution >= 0.6 is 11.6 Å². The first-order valence-electron chi connectivity index (χ1n) is 16.2. The molecule has 1 aliphatic rings. The lowest BCUT2D eigenvalue weighted by Crippen LogP contribution is -2.46. The van der Waals surface area contributed by atoms with E-state index in [1.165, 1.54) is 0 Å². The molecular formula is C39H41ClN4O4. The number of fused-ring (bicyclic) bond motifs is 1. The Kier molecular flexibility index (Phi) is 9.64. The van der Waals surface area contributed by atoms with Gasteiger partial charge in [0.05, 0.1) is 13.2 Å². The number of piperidine rings is 1. The highest BCUT2D eigenvalue weighted by atomic mass is 35.5. The molecule has 0 spiro atoms. The van der Waals surface area contributed by atoms with E-state index in [2.05, 4.69) is 44.8 Å². The molecule has 48 heavy (non-hydrogen) atoms. The second kappa shape index (κ2) is 14.0. The number of methoxy groups -OCH3 is 1. The van der Waals surface area contributed by atoms with Gasteiger partial charge in [0.15, 0.2) is 0 Å². The lowest BCUT2D eigenvalue weighted by molar-refractivity contribution is 0.0497. The number of amides is 2. The number of anilines is 1. The van der Waals surface area contributed by atoms with Crippen LogP contribution in [0, 0.1) is 0 Å². The SMILES string of the molecule is COc1ccc(Cl)cc1[C@@H](NC(=O)c1cccc(-c2ccc(N3CCC(NC(=O)OC(C)(C)C)CC3)cc2)c1)c1cc2ccccc2[nH]1. The Morgan fingerprint density at radius 1 is 0.896 bits per heavy atom. The summed E-state index contributed by atoms with van der Waals surface area (Å²) in [6, 6.07) is 31.0. The predicted octanol–water partition coefficient (Wildman–Crippen LogP) is 8.51. The van der Waals surface area contributed by atoms with Gasteiger partial charge in [-0.3, -0.25) is 4.79 Å². The highest BCUT2D eigenvalue weighted by molar-refractivity contribution is 6.30. The van der Waals surface area contributed by atoms with Crippen LogP contribution in [0.2, 0.25) is 5.02 Å². The first kappa shape index (κ1) is 33.0. The van der Waals surface area contributed by atoms with Crippen LogP contribution in [-0.4, -0.2) is 48.8 Å². The van der Waals surface area contributed by atoms with Crippen molar-refractivity contribution in [2.24, 2.45) is 0 Å². The number of rotatable bonds is 8. The van der Waals surface area contributed by atoms with Crippen LogP contribution in [0.3, 0.4) is 0 Å². The van der Waals surface area contributed by atoms with Gasteiger partial charge in [-0.1, -0.05) is 54.1 Å². The maximum Gasteiger partial charge on any atom is 0.407 e. The van der Waals surface area contributed by atoms with Gasteiger partial charge >= 0.3 is 6.09 Å². The van der Waals surface area contributed by atoms with E-state index in [1.54, 1.807) is 13.2 Å². The minimum atomic E-state index is -0.537. The van der Waals surface area contributed by atoms with E-state index >= 15 is 0 Å². The summed E-state index contributed by atoms with van der Waals surface area (Å²) in [5, 5.41) is 7.83. The number of hydrogen-bond acceptors (Lipinski definition) is 5. The van der Waals surface area contributed by atoms with Crippen molar-refractivity contribution >= 4 is 40.2 Å². The van der Waals surface area contributed by atoms with Crippen LogP contribution in [0.1, 0.15) is 61.3 Å². The molecule has 9 heteroatoms. The number of halogens is 1. The van der Waals surface area contributed by atoms with Crippen molar-refractivity contribution in [3.8, 4) is 16.9 Å². The molecule has 8 nitrogen and oxygen atoms in total. The topological polar surface area (TPSA) is 95.7 Å². The van der Waals surface area contributed by atoms with Crippen LogP contribution < -0.4 is 20.3 Å². The number of hydrogen-bond donors (Lipinski definition) is 3. The summed E-state index contributed by atoms with van der Waals surface area (Å²) in [4.78, 5) is 31.9. The van der Waals surface area contributed by atoms with Gasteiger partial charge in [0.25, 0.3) is 5.91 Å². The fourth-order valence-corrected chi connectivity index (χ4v) is 6.36. The molecule has 0 saturated carbocycles. The van der Waals surface area contributed by atoms with Crippen molar-refractivity contribution in [2.45, 2.75) is 51.3 Å². The number of carbonyl (C=O) groups is 2. The minimum Gasteiger partial charge on any atom is -0.496 e. The molecule has 0 aliphatic carbocycles. The molecule has 6 rings (SSSR count). The molecule has 248 valence electrons.